The molecule has 0 unspecified atom stereocenters. The molecule has 0 spiro atoms. The first-order chi connectivity index (χ1) is 6.61. The quantitative estimate of drug-likeness (QED) is 0.774. The Balaban J connectivity index is 0.00000112. The van der Waals surface area contributed by atoms with Crippen molar-refractivity contribution in [3.63, 3.8) is 0 Å². The number of nitrogens with one attached hydrogen (secondary N) is 1. The van der Waals surface area contributed by atoms with Crippen LogP contribution in [0.3, 0.4) is 0 Å². The molecule has 1 atom stereocenters. The summed E-state index contributed by atoms with van der Waals surface area (Å²) in [5.41, 5.74) is 5.94. The summed E-state index contributed by atoms with van der Waals surface area (Å²) in [5.74, 6) is 0.942. The van der Waals surface area contributed by atoms with Crippen LogP contribution in [0.5, 0.6) is 0 Å². The second-order valence-corrected chi connectivity index (χ2v) is 5.15. The molecule has 0 aromatic heterocycles. The van der Waals surface area contributed by atoms with Gasteiger partial charge in [0.05, 0.1) is 6.04 Å². The molecule has 2 bridgehead atoms. The summed E-state index contributed by atoms with van der Waals surface area (Å²) >= 11 is 0. The van der Waals surface area contributed by atoms with Crippen molar-refractivity contribution in [2.75, 3.05) is 6.54 Å². The molecule has 2 saturated carbocycles. The fourth-order valence-electron chi connectivity index (χ4n) is 3.00. The number of nitrogens with two attached hydrogens (primary N) is 1. The largest absolute Gasteiger partial charge is 0.354 e. The minimum absolute atomic E-state index is 0. The van der Waals surface area contributed by atoms with Gasteiger partial charge >= 0.3 is 0 Å². The van der Waals surface area contributed by atoms with Gasteiger partial charge in [0.15, 0.2) is 0 Å². The fourth-order valence-corrected chi connectivity index (χ4v) is 3.00. The van der Waals surface area contributed by atoms with E-state index in [-0.39, 0.29) is 24.4 Å². The van der Waals surface area contributed by atoms with Gasteiger partial charge in [0.1, 0.15) is 0 Å². The average Bonchev–Trinajstić information content (AvgIpc) is 2.74. The highest BCUT2D eigenvalue weighted by Crippen LogP contribution is 2.53. The lowest BCUT2D eigenvalue weighted by atomic mass is 9.84. The van der Waals surface area contributed by atoms with Crippen LogP contribution in [-0.4, -0.2) is 18.5 Å². The van der Waals surface area contributed by atoms with Crippen LogP contribution in [0.15, 0.2) is 0 Å². The SMILES string of the molecule is C[C@@H](N)C(=O)NCC12CCC(CC1)C2.Cl. The lowest BCUT2D eigenvalue weighted by molar-refractivity contribution is -0.122. The predicted molar refractivity (Wildman–Crippen MR) is 62.9 cm³/mol. The molecule has 0 aromatic rings. The van der Waals surface area contributed by atoms with E-state index in [0.717, 1.165) is 12.5 Å². The molecule has 88 valence electrons. The van der Waals surface area contributed by atoms with Gasteiger partial charge in [-0.15, -0.1) is 12.4 Å². The van der Waals surface area contributed by atoms with Gasteiger partial charge in [-0.2, -0.15) is 0 Å². The van der Waals surface area contributed by atoms with Crippen molar-refractivity contribution in [3.8, 4) is 0 Å². The molecule has 3 N–H and O–H groups in total. The first-order valence-electron chi connectivity index (χ1n) is 5.65. The standard InChI is InChI=1S/C11H20N2O.ClH/c1-8(12)10(14)13-7-11-4-2-9(6-11)3-5-11;/h8-9H,2-7,12H2,1H3,(H,13,14);1H/t8-,9?,11?;/m1./s1. The molecule has 15 heavy (non-hydrogen) atoms. The van der Waals surface area contributed by atoms with Gasteiger partial charge in [0.2, 0.25) is 5.91 Å². The zero-order chi connectivity index (χ0) is 10.2. The maximum atomic E-state index is 11.3. The summed E-state index contributed by atoms with van der Waals surface area (Å²) in [5, 5.41) is 2.98. The van der Waals surface area contributed by atoms with Gasteiger partial charge in [-0.25, -0.2) is 0 Å². The Labute approximate surface area is 97.6 Å². The average molecular weight is 233 g/mol. The van der Waals surface area contributed by atoms with Gasteiger partial charge in [0, 0.05) is 6.54 Å². The van der Waals surface area contributed by atoms with Crippen LogP contribution in [0.25, 0.3) is 0 Å². The topological polar surface area (TPSA) is 55.1 Å². The summed E-state index contributed by atoms with van der Waals surface area (Å²) in [7, 11) is 0. The summed E-state index contributed by atoms with van der Waals surface area (Å²) < 4.78 is 0. The second kappa shape index (κ2) is 4.71. The molecule has 2 fully saturated rings. The maximum Gasteiger partial charge on any atom is 0.236 e. The highest BCUT2D eigenvalue weighted by atomic mass is 35.5. The lowest BCUT2D eigenvalue weighted by Crippen LogP contribution is -2.43. The Hall–Kier alpha value is -0.280. The molecule has 0 saturated heterocycles. The van der Waals surface area contributed by atoms with Crippen molar-refractivity contribution >= 4 is 18.3 Å². The lowest BCUT2D eigenvalue weighted by Gasteiger charge is -2.27. The van der Waals surface area contributed by atoms with E-state index in [9.17, 15) is 4.79 Å². The first-order valence-corrected chi connectivity index (χ1v) is 5.65. The molecular formula is C11H21ClN2O. The molecule has 0 aromatic carbocycles. The van der Waals surface area contributed by atoms with Gasteiger partial charge < -0.3 is 11.1 Å². The van der Waals surface area contributed by atoms with Gasteiger partial charge in [-0.05, 0) is 50.4 Å². The van der Waals surface area contributed by atoms with Crippen molar-refractivity contribution in [3.05, 3.63) is 0 Å². The number of fused-ring (bicyclic) bond motifs is 2. The van der Waals surface area contributed by atoms with E-state index >= 15 is 0 Å². The Morgan fingerprint density at radius 1 is 1.53 bits per heavy atom. The van der Waals surface area contributed by atoms with Crippen molar-refractivity contribution in [2.45, 2.75) is 45.1 Å². The number of halogens is 1. The third kappa shape index (κ3) is 2.64. The van der Waals surface area contributed by atoms with Crippen LogP contribution in [-0.2, 0) is 4.79 Å². The van der Waals surface area contributed by atoms with E-state index in [1.165, 1.54) is 32.1 Å². The molecule has 0 radical (unpaired) electrons. The molecule has 3 nitrogen and oxygen atoms in total. The molecule has 1 amide bonds. The fraction of sp³-hybridized carbons (Fsp3) is 0.909. The molecular weight excluding hydrogens is 212 g/mol. The monoisotopic (exact) mass is 232 g/mol. The van der Waals surface area contributed by atoms with Crippen molar-refractivity contribution in [2.24, 2.45) is 17.1 Å². The van der Waals surface area contributed by atoms with E-state index in [4.69, 9.17) is 5.73 Å². The van der Waals surface area contributed by atoms with Crippen LogP contribution >= 0.6 is 12.4 Å². The van der Waals surface area contributed by atoms with Crippen LogP contribution < -0.4 is 11.1 Å². The van der Waals surface area contributed by atoms with Gasteiger partial charge in [0.25, 0.3) is 0 Å². The van der Waals surface area contributed by atoms with Crippen molar-refractivity contribution < 1.29 is 4.79 Å². The highest BCUT2D eigenvalue weighted by Gasteiger charge is 2.44. The zero-order valence-electron chi connectivity index (χ0n) is 9.29. The van der Waals surface area contributed by atoms with Crippen LogP contribution in [0.1, 0.15) is 39.0 Å². The van der Waals surface area contributed by atoms with Crippen molar-refractivity contribution in [1.29, 1.82) is 0 Å². The molecule has 2 aliphatic carbocycles. The van der Waals surface area contributed by atoms with Crippen molar-refractivity contribution in [1.82, 2.24) is 5.32 Å². The number of carbonyl (C=O) groups is 1. The Morgan fingerprint density at radius 2 is 2.13 bits per heavy atom. The Kier molecular flexibility index (Phi) is 4.01. The highest BCUT2D eigenvalue weighted by molar-refractivity contribution is 5.85. The van der Waals surface area contributed by atoms with E-state index in [1.54, 1.807) is 6.92 Å². The molecule has 0 aliphatic heterocycles. The number of amides is 1. The smallest absolute Gasteiger partial charge is 0.236 e. The molecule has 4 heteroatoms. The third-order valence-corrected chi connectivity index (χ3v) is 3.94. The Bertz CT molecular complexity index is 235. The maximum absolute atomic E-state index is 11.3. The Morgan fingerprint density at radius 3 is 2.53 bits per heavy atom. The summed E-state index contributed by atoms with van der Waals surface area (Å²) in [6.45, 7) is 2.59. The van der Waals surface area contributed by atoms with E-state index in [2.05, 4.69) is 5.32 Å². The summed E-state index contributed by atoms with van der Waals surface area (Å²) in [6, 6.07) is -0.370. The van der Waals surface area contributed by atoms with E-state index in [1.807, 2.05) is 0 Å². The van der Waals surface area contributed by atoms with Crippen LogP contribution in [0, 0.1) is 11.3 Å². The number of carbonyl (C=O) groups excluding carboxylic acids is 1. The summed E-state index contributed by atoms with van der Waals surface area (Å²) in [4.78, 5) is 11.3. The number of rotatable bonds is 3. The number of hydrogen-bond acceptors (Lipinski definition) is 2. The minimum Gasteiger partial charge on any atom is -0.354 e. The number of hydrogen-bond donors (Lipinski definition) is 2. The summed E-state index contributed by atoms with van der Waals surface area (Å²) in [6.07, 6.45) is 6.67. The molecule has 2 rings (SSSR count). The van der Waals surface area contributed by atoms with Crippen LogP contribution in [0.2, 0.25) is 0 Å². The van der Waals surface area contributed by atoms with Gasteiger partial charge in [-0.1, -0.05) is 0 Å². The predicted octanol–water partition coefficient (Wildman–Crippen LogP) is 1.45. The van der Waals surface area contributed by atoms with E-state index in [0.29, 0.717) is 5.41 Å². The molecule has 0 heterocycles. The zero-order valence-corrected chi connectivity index (χ0v) is 10.1. The first kappa shape index (κ1) is 12.8. The molecule has 2 aliphatic rings. The van der Waals surface area contributed by atoms with Gasteiger partial charge in [-0.3, -0.25) is 4.79 Å². The third-order valence-electron chi connectivity index (χ3n) is 3.94. The normalized spacial score (nSPS) is 34.7. The minimum atomic E-state index is -0.370. The van der Waals surface area contributed by atoms with E-state index < -0.39 is 0 Å². The van der Waals surface area contributed by atoms with Crippen LogP contribution in [0.4, 0.5) is 0 Å². The second-order valence-electron chi connectivity index (χ2n) is 5.15.